The van der Waals surface area contributed by atoms with Crippen molar-refractivity contribution in [1.82, 2.24) is 30.4 Å². The van der Waals surface area contributed by atoms with E-state index in [2.05, 4.69) is 37.5 Å². The molecule has 20 heavy (non-hydrogen) atoms. The van der Waals surface area contributed by atoms with Gasteiger partial charge in [0.15, 0.2) is 5.82 Å². The minimum absolute atomic E-state index is 0.0518. The van der Waals surface area contributed by atoms with Crippen molar-refractivity contribution < 1.29 is 0 Å². The number of nitrogens with zero attached hydrogens (tertiary/aromatic N) is 5. The minimum atomic E-state index is 0.0518. The zero-order chi connectivity index (χ0) is 13.9. The normalized spacial score (nSPS) is 19.1. The number of nitrogens with one attached hydrogen (secondary N) is 1. The Morgan fingerprint density at radius 1 is 1.15 bits per heavy atom. The van der Waals surface area contributed by atoms with Crippen LogP contribution >= 0.6 is 11.6 Å². The third-order valence-electron chi connectivity index (χ3n) is 3.71. The number of aromatic amines is 1. The van der Waals surface area contributed by atoms with Gasteiger partial charge in [-0.1, -0.05) is 23.7 Å². The second kappa shape index (κ2) is 5.87. The van der Waals surface area contributed by atoms with Crippen LogP contribution in [-0.2, 0) is 0 Å². The maximum Gasteiger partial charge on any atom is 0.170 e. The fraction of sp³-hybridized carbons (Fsp3) is 0.462. The Labute approximate surface area is 122 Å². The molecule has 1 saturated heterocycles. The molecule has 0 radical (unpaired) electrons. The van der Waals surface area contributed by atoms with E-state index in [4.69, 9.17) is 11.6 Å². The van der Waals surface area contributed by atoms with Crippen LogP contribution in [0.25, 0.3) is 0 Å². The van der Waals surface area contributed by atoms with Crippen LogP contribution in [0.2, 0.25) is 5.02 Å². The van der Waals surface area contributed by atoms with Crippen LogP contribution in [0.15, 0.2) is 24.3 Å². The van der Waals surface area contributed by atoms with Crippen LogP contribution in [0.5, 0.6) is 0 Å². The molecule has 0 aliphatic carbocycles. The molecule has 7 heteroatoms. The molecule has 3 rings (SSSR count). The van der Waals surface area contributed by atoms with Crippen molar-refractivity contribution in [2.75, 3.05) is 33.2 Å². The second-order valence-electron chi connectivity index (χ2n) is 5.08. The van der Waals surface area contributed by atoms with Crippen LogP contribution < -0.4 is 0 Å². The summed E-state index contributed by atoms with van der Waals surface area (Å²) < 4.78 is 0. The summed E-state index contributed by atoms with van der Waals surface area (Å²) in [5.74, 6) is 0.775. The Kier molecular flexibility index (Phi) is 3.95. The van der Waals surface area contributed by atoms with Crippen LogP contribution in [0.1, 0.15) is 17.4 Å². The summed E-state index contributed by atoms with van der Waals surface area (Å²) in [4.78, 5) is 4.72. The van der Waals surface area contributed by atoms with Crippen molar-refractivity contribution in [2.24, 2.45) is 0 Å². The maximum absolute atomic E-state index is 5.98. The summed E-state index contributed by atoms with van der Waals surface area (Å²) in [7, 11) is 2.14. The van der Waals surface area contributed by atoms with Gasteiger partial charge < -0.3 is 4.90 Å². The van der Waals surface area contributed by atoms with Gasteiger partial charge >= 0.3 is 0 Å². The lowest BCUT2D eigenvalue weighted by molar-refractivity contribution is 0.124. The molecule has 0 spiro atoms. The van der Waals surface area contributed by atoms with Crippen molar-refractivity contribution in [1.29, 1.82) is 0 Å². The number of hydrogen-bond acceptors (Lipinski definition) is 5. The Hall–Kier alpha value is -1.50. The van der Waals surface area contributed by atoms with Gasteiger partial charge in [0.25, 0.3) is 0 Å². The average Bonchev–Trinajstić information content (AvgIpc) is 2.97. The number of likely N-dealkylation sites (N-methyl/N-ethyl adjacent to an activating group) is 1. The predicted octanol–water partition coefficient (Wildman–Crippen LogP) is 1.19. The number of aromatic nitrogens is 4. The third kappa shape index (κ3) is 2.82. The second-order valence-corrected chi connectivity index (χ2v) is 5.52. The van der Waals surface area contributed by atoms with Crippen molar-refractivity contribution >= 4 is 11.6 Å². The molecule has 1 N–H and O–H groups in total. The van der Waals surface area contributed by atoms with E-state index in [1.54, 1.807) is 0 Å². The molecular weight excluding hydrogens is 276 g/mol. The number of benzene rings is 1. The average molecular weight is 293 g/mol. The molecule has 0 amide bonds. The highest BCUT2D eigenvalue weighted by atomic mass is 35.5. The van der Waals surface area contributed by atoms with E-state index in [1.807, 2.05) is 24.3 Å². The first-order valence-electron chi connectivity index (χ1n) is 6.66. The van der Waals surface area contributed by atoms with Gasteiger partial charge in [-0.3, -0.25) is 4.90 Å². The smallest absolute Gasteiger partial charge is 0.170 e. The Morgan fingerprint density at radius 3 is 2.45 bits per heavy atom. The molecule has 1 atom stereocenters. The number of hydrogen-bond donors (Lipinski definition) is 1. The van der Waals surface area contributed by atoms with Crippen LogP contribution in [0, 0.1) is 0 Å². The highest BCUT2D eigenvalue weighted by Gasteiger charge is 2.27. The Morgan fingerprint density at radius 2 is 1.85 bits per heavy atom. The molecule has 1 aromatic heterocycles. The van der Waals surface area contributed by atoms with Gasteiger partial charge in [0, 0.05) is 31.2 Å². The summed E-state index contributed by atoms with van der Waals surface area (Å²) in [6.45, 7) is 4.08. The Balaban J connectivity index is 1.90. The number of rotatable bonds is 3. The highest BCUT2D eigenvalue weighted by molar-refractivity contribution is 6.30. The van der Waals surface area contributed by atoms with Gasteiger partial charge in [0.1, 0.15) is 0 Å². The van der Waals surface area contributed by atoms with Crippen LogP contribution in [0.3, 0.4) is 0 Å². The summed E-state index contributed by atoms with van der Waals surface area (Å²) in [6, 6.07) is 7.94. The van der Waals surface area contributed by atoms with Gasteiger partial charge in [-0.15, -0.1) is 5.10 Å². The lowest BCUT2D eigenvalue weighted by Gasteiger charge is -2.37. The van der Waals surface area contributed by atoms with E-state index in [1.165, 1.54) is 0 Å². The highest BCUT2D eigenvalue weighted by Crippen LogP contribution is 2.27. The first kappa shape index (κ1) is 13.5. The summed E-state index contributed by atoms with van der Waals surface area (Å²) in [6.07, 6.45) is 0. The topological polar surface area (TPSA) is 60.9 Å². The standard InChI is InChI=1S/C13H17ClN6/c1-19-6-8-20(9-7-19)12(13-15-17-18-16-13)10-2-4-11(14)5-3-10/h2-5,12H,6-9H2,1H3,(H,15,16,17,18). The predicted molar refractivity (Wildman–Crippen MR) is 76.5 cm³/mol. The van der Waals surface area contributed by atoms with E-state index in [-0.39, 0.29) is 6.04 Å². The molecule has 1 fully saturated rings. The Bertz CT molecular complexity index is 532. The SMILES string of the molecule is CN1CCN(C(c2ccc(Cl)cc2)c2nnn[nH]2)CC1. The van der Waals surface area contributed by atoms with E-state index in [0.29, 0.717) is 0 Å². The third-order valence-corrected chi connectivity index (χ3v) is 3.96. The number of halogens is 1. The van der Waals surface area contributed by atoms with Gasteiger partial charge in [-0.05, 0) is 35.2 Å². The molecule has 1 aliphatic rings. The molecular formula is C13H17ClN6. The molecule has 1 aromatic carbocycles. The first-order valence-corrected chi connectivity index (χ1v) is 7.03. The van der Waals surface area contributed by atoms with Crippen molar-refractivity contribution in [2.45, 2.75) is 6.04 Å². The molecule has 0 bridgehead atoms. The van der Waals surface area contributed by atoms with E-state index >= 15 is 0 Å². The molecule has 1 aliphatic heterocycles. The maximum atomic E-state index is 5.98. The number of tetrazole rings is 1. The fourth-order valence-electron chi connectivity index (χ4n) is 2.55. The zero-order valence-corrected chi connectivity index (χ0v) is 12.1. The van der Waals surface area contributed by atoms with E-state index < -0.39 is 0 Å². The fourth-order valence-corrected chi connectivity index (χ4v) is 2.68. The zero-order valence-electron chi connectivity index (χ0n) is 11.3. The number of piperazine rings is 1. The molecule has 1 unspecified atom stereocenters. The molecule has 6 nitrogen and oxygen atoms in total. The first-order chi connectivity index (χ1) is 9.74. The molecule has 2 aromatic rings. The lowest BCUT2D eigenvalue weighted by Crippen LogP contribution is -2.46. The van der Waals surface area contributed by atoms with Crippen molar-refractivity contribution in [3.05, 3.63) is 40.7 Å². The van der Waals surface area contributed by atoms with Crippen LogP contribution in [0.4, 0.5) is 0 Å². The molecule has 2 heterocycles. The van der Waals surface area contributed by atoms with Crippen LogP contribution in [-0.4, -0.2) is 63.7 Å². The van der Waals surface area contributed by atoms with Gasteiger partial charge in [0.2, 0.25) is 0 Å². The molecule has 106 valence electrons. The van der Waals surface area contributed by atoms with Gasteiger partial charge in [0.05, 0.1) is 6.04 Å². The van der Waals surface area contributed by atoms with E-state index in [0.717, 1.165) is 42.6 Å². The largest absolute Gasteiger partial charge is 0.304 e. The molecule has 0 saturated carbocycles. The minimum Gasteiger partial charge on any atom is -0.304 e. The van der Waals surface area contributed by atoms with Gasteiger partial charge in [-0.2, -0.15) is 0 Å². The number of H-pyrrole nitrogens is 1. The lowest BCUT2D eigenvalue weighted by atomic mass is 10.0. The summed E-state index contributed by atoms with van der Waals surface area (Å²) in [5, 5.41) is 15.2. The van der Waals surface area contributed by atoms with Crippen molar-refractivity contribution in [3.8, 4) is 0 Å². The van der Waals surface area contributed by atoms with Crippen molar-refractivity contribution in [3.63, 3.8) is 0 Å². The quantitative estimate of drug-likeness (QED) is 0.921. The van der Waals surface area contributed by atoms with E-state index in [9.17, 15) is 0 Å². The van der Waals surface area contributed by atoms with Gasteiger partial charge in [-0.25, -0.2) is 5.10 Å². The summed E-state index contributed by atoms with van der Waals surface area (Å²) in [5.41, 5.74) is 1.15. The monoisotopic (exact) mass is 292 g/mol. The summed E-state index contributed by atoms with van der Waals surface area (Å²) >= 11 is 5.98.